The molecule has 0 aliphatic carbocycles. The minimum atomic E-state index is -0.439. The van der Waals surface area contributed by atoms with E-state index >= 15 is 0 Å². The Morgan fingerprint density at radius 2 is 2.00 bits per heavy atom. The Balaban J connectivity index is 1.82. The predicted molar refractivity (Wildman–Crippen MR) is 99.0 cm³/mol. The van der Waals surface area contributed by atoms with E-state index in [4.69, 9.17) is 4.74 Å². The van der Waals surface area contributed by atoms with E-state index < -0.39 is 4.92 Å². The second-order valence-corrected chi connectivity index (χ2v) is 6.29. The summed E-state index contributed by atoms with van der Waals surface area (Å²) in [6, 6.07) is 13.5. The number of nitro benzene ring substituents is 1. The van der Waals surface area contributed by atoms with Gasteiger partial charge in [-0.05, 0) is 29.8 Å². The number of nitro groups is 1. The molecule has 0 spiro atoms. The summed E-state index contributed by atoms with van der Waals surface area (Å²) in [5.41, 5.74) is 1.24. The van der Waals surface area contributed by atoms with Crippen LogP contribution < -0.4 is 10.3 Å². The maximum Gasteiger partial charge on any atom is 0.287 e. The molecule has 7 nitrogen and oxygen atoms in total. The first-order valence-corrected chi connectivity index (χ1v) is 8.65. The van der Waals surface area contributed by atoms with Gasteiger partial charge in [0.1, 0.15) is 5.75 Å². The molecule has 26 heavy (non-hydrogen) atoms. The third-order valence-electron chi connectivity index (χ3n) is 3.66. The summed E-state index contributed by atoms with van der Waals surface area (Å²) in [5.74, 6) is 1.12. The van der Waals surface area contributed by atoms with Gasteiger partial charge in [0.25, 0.3) is 11.2 Å². The second-order valence-electron chi connectivity index (χ2n) is 5.32. The first-order valence-electron chi connectivity index (χ1n) is 7.66. The highest BCUT2D eigenvalue weighted by Crippen LogP contribution is 2.21. The molecule has 0 radical (unpaired) electrons. The van der Waals surface area contributed by atoms with Crippen molar-refractivity contribution in [2.24, 2.45) is 0 Å². The van der Waals surface area contributed by atoms with E-state index in [1.807, 2.05) is 0 Å². The van der Waals surface area contributed by atoms with E-state index in [9.17, 15) is 14.9 Å². The van der Waals surface area contributed by atoms with Crippen LogP contribution in [0.2, 0.25) is 0 Å². The van der Waals surface area contributed by atoms with E-state index in [0.717, 1.165) is 5.56 Å². The Morgan fingerprint density at radius 1 is 1.23 bits per heavy atom. The van der Waals surface area contributed by atoms with Crippen LogP contribution in [0.25, 0.3) is 5.69 Å². The van der Waals surface area contributed by atoms with Crippen LogP contribution in [-0.4, -0.2) is 21.6 Å². The fourth-order valence-electron chi connectivity index (χ4n) is 2.35. The standard InChI is InChI=1S/C18H15N3O4S/c1-25-16-7-5-14(6-8-16)20-10-9-19-17(18(20)22)26-12-13-3-2-4-15(11-13)21(23)24/h2-11H,12H2,1H3. The van der Waals surface area contributed by atoms with Gasteiger partial charge in [-0.3, -0.25) is 19.5 Å². The normalized spacial score (nSPS) is 10.5. The van der Waals surface area contributed by atoms with Gasteiger partial charge >= 0.3 is 0 Å². The number of ether oxygens (including phenoxy) is 1. The summed E-state index contributed by atoms with van der Waals surface area (Å²) in [7, 11) is 1.58. The van der Waals surface area contributed by atoms with Crippen molar-refractivity contribution in [1.82, 2.24) is 9.55 Å². The third-order valence-corrected chi connectivity index (χ3v) is 4.69. The molecule has 2 aromatic carbocycles. The lowest BCUT2D eigenvalue weighted by atomic mass is 10.2. The third kappa shape index (κ3) is 3.92. The maximum atomic E-state index is 12.7. The van der Waals surface area contributed by atoms with Gasteiger partial charge in [-0.2, -0.15) is 0 Å². The van der Waals surface area contributed by atoms with Gasteiger partial charge in [-0.1, -0.05) is 23.9 Å². The number of non-ortho nitro benzene ring substituents is 1. The lowest BCUT2D eigenvalue weighted by molar-refractivity contribution is -0.384. The second kappa shape index (κ2) is 7.83. The molecule has 0 aliphatic rings. The molecule has 0 saturated heterocycles. The Morgan fingerprint density at radius 3 is 2.69 bits per heavy atom. The van der Waals surface area contributed by atoms with Crippen molar-refractivity contribution in [2.75, 3.05) is 7.11 Å². The number of rotatable bonds is 6. The predicted octanol–water partition coefficient (Wildman–Crippen LogP) is 3.44. The average Bonchev–Trinajstić information content (AvgIpc) is 2.67. The highest BCUT2D eigenvalue weighted by atomic mass is 32.2. The molecular weight excluding hydrogens is 354 g/mol. The lowest BCUT2D eigenvalue weighted by Gasteiger charge is -2.08. The van der Waals surface area contributed by atoms with Gasteiger partial charge in [0.2, 0.25) is 0 Å². The molecule has 0 unspecified atom stereocenters. The number of hydrogen-bond donors (Lipinski definition) is 0. The molecule has 0 bridgehead atoms. The molecule has 132 valence electrons. The fourth-order valence-corrected chi connectivity index (χ4v) is 3.19. The van der Waals surface area contributed by atoms with E-state index in [-0.39, 0.29) is 11.2 Å². The van der Waals surface area contributed by atoms with Crippen molar-refractivity contribution in [2.45, 2.75) is 10.8 Å². The Kier molecular flexibility index (Phi) is 5.33. The summed E-state index contributed by atoms with van der Waals surface area (Å²) in [6.07, 6.45) is 3.16. The minimum absolute atomic E-state index is 0.0276. The lowest BCUT2D eigenvalue weighted by Crippen LogP contribution is -2.20. The van der Waals surface area contributed by atoms with Crippen molar-refractivity contribution in [3.63, 3.8) is 0 Å². The molecule has 1 aromatic heterocycles. The van der Waals surface area contributed by atoms with Crippen LogP contribution in [-0.2, 0) is 5.75 Å². The van der Waals surface area contributed by atoms with Crippen LogP contribution in [0, 0.1) is 10.1 Å². The summed E-state index contributed by atoms with van der Waals surface area (Å²) in [6.45, 7) is 0. The SMILES string of the molecule is COc1ccc(-n2ccnc(SCc3cccc([N+](=O)[O-])c3)c2=O)cc1. The molecule has 0 N–H and O–H groups in total. The summed E-state index contributed by atoms with van der Waals surface area (Å²) in [5, 5.41) is 11.2. The van der Waals surface area contributed by atoms with Crippen LogP contribution in [0.15, 0.2) is 70.7 Å². The molecule has 1 heterocycles. The molecule has 3 aromatic rings. The highest BCUT2D eigenvalue weighted by Gasteiger charge is 2.10. The topological polar surface area (TPSA) is 87.3 Å². The first-order chi connectivity index (χ1) is 12.6. The van der Waals surface area contributed by atoms with Gasteiger partial charge < -0.3 is 4.74 Å². The monoisotopic (exact) mass is 369 g/mol. The van der Waals surface area contributed by atoms with E-state index in [1.54, 1.807) is 55.9 Å². The molecule has 0 atom stereocenters. The number of aromatic nitrogens is 2. The number of thioether (sulfide) groups is 1. The van der Waals surface area contributed by atoms with Gasteiger partial charge in [0.15, 0.2) is 5.03 Å². The van der Waals surface area contributed by atoms with Crippen LogP contribution in [0.1, 0.15) is 5.56 Å². The van der Waals surface area contributed by atoms with Crippen molar-refractivity contribution in [3.05, 3.63) is 87.0 Å². The number of benzene rings is 2. The van der Waals surface area contributed by atoms with Crippen molar-refractivity contribution < 1.29 is 9.66 Å². The van der Waals surface area contributed by atoms with Gasteiger partial charge in [-0.15, -0.1) is 0 Å². The first kappa shape index (κ1) is 17.7. The average molecular weight is 369 g/mol. The zero-order valence-electron chi connectivity index (χ0n) is 13.9. The van der Waals surface area contributed by atoms with Crippen LogP contribution in [0.3, 0.4) is 0 Å². The Bertz CT molecular complexity index is 986. The van der Waals surface area contributed by atoms with Gasteiger partial charge in [-0.25, -0.2) is 4.98 Å². The number of hydrogen-bond acceptors (Lipinski definition) is 6. The summed E-state index contributed by atoms with van der Waals surface area (Å²) < 4.78 is 6.62. The van der Waals surface area contributed by atoms with E-state index in [0.29, 0.717) is 22.2 Å². The van der Waals surface area contributed by atoms with E-state index in [2.05, 4.69) is 4.98 Å². The highest BCUT2D eigenvalue weighted by molar-refractivity contribution is 7.98. The Hall–Kier alpha value is -3.13. The van der Waals surface area contributed by atoms with Crippen LogP contribution in [0.5, 0.6) is 5.75 Å². The minimum Gasteiger partial charge on any atom is -0.497 e. The van der Waals surface area contributed by atoms with Crippen molar-refractivity contribution in [3.8, 4) is 11.4 Å². The van der Waals surface area contributed by atoms with Crippen molar-refractivity contribution >= 4 is 17.4 Å². The number of methoxy groups -OCH3 is 1. The molecule has 0 amide bonds. The molecular formula is C18H15N3O4S. The molecule has 0 aliphatic heterocycles. The quantitative estimate of drug-likeness (QED) is 0.376. The Labute approximate surface area is 153 Å². The van der Waals surface area contributed by atoms with E-state index in [1.165, 1.54) is 28.5 Å². The molecule has 8 heteroatoms. The van der Waals surface area contributed by atoms with Crippen LogP contribution >= 0.6 is 11.8 Å². The molecule has 3 rings (SSSR count). The largest absolute Gasteiger partial charge is 0.497 e. The fraction of sp³-hybridized carbons (Fsp3) is 0.111. The van der Waals surface area contributed by atoms with Crippen molar-refractivity contribution in [1.29, 1.82) is 0 Å². The zero-order valence-corrected chi connectivity index (χ0v) is 14.7. The van der Waals surface area contributed by atoms with Crippen LogP contribution in [0.4, 0.5) is 5.69 Å². The zero-order chi connectivity index (χ0) is 18.5. The molecule has 0 saturated carbocycles. The van der Waals surface area contributed by atoms with Gasteiger partial charge in [0.05, 0.1) is 12.0 Å². The van der Waals surface area contributed by atoms with Gasteiger partial charge in [0, 0.05) is 36.0 Å². The number of nitrogens with zero attached hydrogens (tertiary/aromatic N) is 3. The summed E-state index contributed by atoms with van der Waals surface area (Å²) in [4.78, 5) is 27.2. The summed E-state index contributed by atoms with van der Waals surface area (Å²) >= 11 is 1.25. The molecule has 0 fully saturated rings. The maximum absolute atomic E-state index is 12.7. The smallest absolute Gasteiger partial charge is 0.287 e.